The molecule has 1 saturated heterocycles. The van der Waals surface area contributed by atoms with E-state index in [1.165, 1.54) is 4.31 Å². The van der Waals surface area contributed by atoms with Crippen molar-refractivity contribution in [3.8, 4) is 0 Å². The summed E-state index contributed by atoms with van der Waals surface area (Å²) in [5, 5.41) is 0. The van der Waals surface area contributed by atoms with Gasteiger partial charge in [0.15, 0.2) is 0 Å². The highest BCUT2D eigenvalue weighted by Gasteiger charge is 2.30. The molecule has 0 radical (unpaired) electrons. The Hall–Kier alpha value is -1.40. The predicted octanol–water partition coefficient (Wildman–Crippen LogP) is 1.79. The average Bonchev–Trinajstić information content (AvgIpc) is 2.53. The predicted molar refractivity (Wildman–Crippen MR) is 80.0 cm³/mol. The molecular formula is C15H21NO4S. The molecule has 2 rings (SSSR count). The standard InChI is InChI=1S/C15H21NO4S/c1-2-21(18,19)16-10-8-14(9-11-16)15(17)20-12-13-6-4-3-5-7-13/h3-7,14H,2,8-12H2,1H3. The van der Waals surface area contributed by atoms with Crippen LogP contribution >= 0.6 is 0 Å². The molecule has 0 unspecified atom stereocenters. The van der Waals surface area contributed by atoms with E-state index in [1.807, 2.05) is 30.3 Å². The van der Waals surface area contributed by atoms with Crippen molar-refractivity contribution in [3.63, 3.8) is 0 Å². The van der Waals surface area contributed by atoms with Crippen LogP contribution in [-0.2, 0) is 26.2 Å². The lowest BCUT2D eigenvalue weighted by Gasteiger charge is -2.29. The van der Waals surface area contributed by atoms with Crippen LogP contribution in [0.2, 0.25) is 0 Å². The molecule has 5 nitrogen and oxygen atoms in total. The van der Waals surface area contributed by atoms with Gasteiger partial charge in [0.2, 0.25) is 10.0 Å². The molecule has 0 bridgehead atoms. The van der Waals surface area contributed by atoms with E-state index in [-0.39, 0.29) is 24.2 Å². The zero-order chi connectivity index (χ0) is 15.3. The zero-order valence-electron chi connectivity index (χ0n) is 12.2. The van der Waals surface area contributed by atoms with Gasteiger partial charge in [-0.15, -0.1) is 0 Å². The summed E-state index contributed by atoms with van der Waals surface area (Å²) in [4.78, 5) is 12.0. The number of ether oxygens (including phenoxy) is 1. The maximum Gasteiger partial charge on any atom is 0.309 e. The van der Waals surface area contributed by atoms with Gasteiger partial charge < -0.3 is 4.74 Å². The van der Waals surface area contributed by atoms with E-state index in [9.17, 15) is 13.2 Å². The average molecular weight is 311 g/mol. The quantitative estimate of drug-likeness (QED) is 0.778. The van der Waals surface area contributed by atoms with E-state index < -0.39 is 10.0 Å². The number of hydrogen-bond donors (Lipinski definition) is 0. The molecule has 1 aliphatic rings. The number of benzene rings is 1. The number of nitrogens with zero attached hydrogens (tertiary/aromatic N) is 1. The van der Waals surface area contributed by atoms with Crippen molar-refractivity contribution >= 4 is 16.0 Å². The minimum absolute atomic E-state index is 0.107. The highest BCUT2D eigenvalue weighted by molar-refractivity contribution is 7.89. The van der Waals surface area contributed by atoms with Crippen molar-refractivity contribution < 1.29 is 17.9 Å². The maximum atomic E-state index is 12.0. The molecular weight excluding hydrogens is 290 g/mol. The summed E-state index contributed by atoms with van der Waals surface area (Å²) in [5.74, 6) is -0.319. The third-order valence-electron chi connectivity index (χ3n) is 3.77. The number of hydrogen-bond acceptors (Lipinski definition) is 4. The van der Waals surface area contributed by atoms with Crippen LogP contribution in [-0.4, -0.2) is 37.5 Å². The molecule has 0 N–H and O–H groups in total. The third-order valence-corrected chi connectivity index (χ3v) is 5.65. The van der Waals surface area contributed by atoms with E-state index in [2.05, 4.69) is 0 Å². The van der Waals surface area contributed by atoms with Crippen LogP contribution in [0.1, 0.15) is 25.3 Å². The molecule has 0 saturated carbocycles. The van der Waals surface area contributed by atoms with E-state index in [4.69, 9.17) is 4.74 Å². The lowest BCUT2D eigenvalue weighted by molar-refractivity contribution is -0.151. The topological polar surface area (TPSA) is 63.7 Å². The Morgan fingerprint density at radius 2 is 1.86 bits per heavy atom. The summed E-state index contributed by atoms with van der Waals surface area (Å²) in [5.41, 5.74) is 0.955. The first kappa shape index (κ1) is 16.0. The van der Waals surface area contributed by atoms with E-state index in [0.717, 1.165) is 5.56 Å². The monoisotopic (exact) mass is 311 g/mol. The summed E-state index contributed by atoms with van der Waals surface area (Å²) in [6.45, 7) is 2.71. The first-order chi connectivity index (χ1) is 10.0. The fourth-order valence-electron chi connectivity index (χ4n) is 2.40. The fraction of sp³-hybridized carbons (Fsp3) is 0.533. The Labute approximate surface area is 126 Å². The van der Waals surface area contributed by atoms with E-state index in [1.54, 1.807) is 6.92 Å². The van der Waals surface area contributed by atoms with Gasteiger partial charge >= 0.3 is 5.97 Å². The second kappa shape index (κ2) is 7.04. The maximum absolute atomic E-state index is 12.0. The Bertz CT molecular complexity index is 563. The van der Waals surface area contributed by atoms with Crippen LogP contribution in [0.15, 0.2) is 30.3 Å². The fourth-order valence-corrected chi connectivity index (χ4v) is 3.53. The lowest BCUT2D eigenvalue weighted by atomic mass is 9.98. The number of carbonyl (C=O) groups excluding carboxylic acids is 1. The van der Waals surface area contributed by atoms with Gasteiger partial charge in [-0.1, -0.05) is 30.3 Å². The Balaban J connectivity index is 1.81. The molecule has 116 valence electrons. The van der Waals surface area contributed by atoms with Crippen LogP contribution < -0.4 is 0 Å². The molecule has 1 aromatic carbocycles. The highest BCUT2D eigenvalue weighted by Crippen LogP contribution is 2.21. The summed E-state index contributed by atoms with van der Waals surface area (Å²) in [7, 11) is -3.14. The molecule has 0 atom stereocenters. The summed E-state index contributed by atoms with van der Waals surface area (Å²) in [6, 6.07) is 9.52. The number of sulfonamides is 1. The van der Waals surface area contributed by atoms with Gasteiger partial charge in [-0.25, -0.2) is 12.7 Å². The van der Waals surface area contributed by atoms with Gasteiger partial charge in [0.25, 0.3) is 0 Å². The Kier molecular flexibility index (Phi) is 5.36. The second-order valence-electron chi connectivity index (χ2n) is 5.17. The number of rotatable bonds is 5. The van der Waals surface area contributed by atoms with Gasteiger partial charge in [0, 0.05) is 13.1 Å². The zero-order valence-corrected chi connectivity index (χ0v) is 13.0. The van der Waals surface area contributed by atoms with Crippen LogP contribution in [0, 0.1) is 5.92 Å². The van der Waals surface area contributed by atoms with E-state index in [0.29, 0.717) is 25.9 Å². The van der Waals surface area contributed by atoms with Crippen molar-refractivity contribution in [3.05, 3.63) is 35.9 Å². The molecule has 0 spiro atoms. The van der Waals surface area contributed by atoms with Crippen LogP contribution in [0.4, 0.5) is 0 Å². The van der Waals surface area contributed by atoms with Gasteiger partial charge in [0.1, 0.15) is 6.61 Å². The summed E-state index contributed by atoms with van der Waals surface area (Å²) in [6.07, 6.45) is 1.07. The SMILES string of the molecule is CCS(=O)(=O)N1CCC(C(=O)OCc2ccccc2)CC1. The number of esters is 1. The van der Waals surface area contributed by atoms with Crippen LogP contribution in [0.3, 0.4) is 0 Å². The van der Waals surface area contributed by atoms with Crippen LogP contribution in [0.25, 0.3) is 0 Å². The Morgan fingerprint density at radius 1 is 1.24 bits per heavy atom. The molecule has 1 aliphatic heterocycles. The van der Waals surface area contributed by atoms with Gasteiger partial charge in [-0.3, -0.25) is 4.79 Å². The largest absolute Gasteiger partial charge is 0.461 e. The second-order valence-corrected chi connectivity index (χ2v) is 7.42. The minimum Gasteiger partial charge on any atom is -0.461 e. The Morgan fingerprint density at radius 3 is 2.43 bits per heavy atom. The van der Waals surface area contributed by atoms with Crippen molar-refractivity contribution in [1.29, 1.82) is 0 Å². The van der Waals surface area contributed by atoms with Crippen molar-refractivity contribution in [1.82, 2.24) is 4.31 Å². The van der Waals surface area contributed by atoms with E-state index >= 15 is 0 Å². The first-order valence-electron chi connectivity index (χ1n) is 7.21. The lowest BCUT2D eigenvalue weighted by Crippen LogP contribution is -2.41. The smallest absolute Gasteiger partial charge is 0.309 e. The summed E-state index contributed by atoms with van der Waals surface area (Å²) >= 11 is 0. The molecule has 1 heterocycles. The highest BCUT2D eigenvalue weighted by atomic mass is 32.2. The molecule has 6 heteroatoms. The number of piperidine rings is 1. The minimum atomic E-state index is -3.14. The molecule has 0 aromatic heterocycles. The van der Waals surface area contributed by atoms with Gasteiger partial charge in [-0.2, -0.15) is 0 Å². The first-order valence-corrected chi connectivity index (χ1v) is 8.82. The van der Waals surface area contributed by atoms with Gasteiger partial charge in [-0.05, 0) is 25.3 Å². The van der Waals surface area contributed by atoms with Crippen LogP contribution in [0.5, 0.6) is 0 Å². The van der Waals surface area contributed by atoms with Gasteiger partial charge in [0.05, 0.1) is 11.7 Å². The molecule has 1 aromatic rings. The molecule has 0 aliphatic carbocycles. The molecule has 0 amide bonds. The van der Waals surface area contributed by atoms with Crippen molar-refractivity contribution in [2.24, 2.45) is 5.92 Å². The normalized spacial score (nSPS) is 17.6. The van der Waals surface area contributed by atoms with Crippen molar-refractivity contribution in [2.45, 2.75) is 26.4 Å². The molecule has 1 fully saturated rings. The van der Waals surface area contributed by atoms with Crippen molar-refractivity contribution in [2.75, 3.05) is 18.8 Å². The summed E-state index contributed by atoms with van der Waals surface area (Å²) < 4.78 is 30.3. The molecule has 21 heavy (non-hydrogen) atoms. The third kappa shape index (κ3) is 4.28. The number of carbonyl (C=O) groups is 1.